The van der Waals surface area contributed by atoms with E-state index in [9.17, 15) is 22.4 Å². The van der Waals surface area contributed by atoms with Crippen LogP contribution >= 0.6 is 11.6 Å². The summed E-state index contributed by atoms with van der Waals surface area (Å²) < 4.78 is 45.0. The third kappa shape index (κ3) is 8.83. The van der Waals surface area contributed by atoms with Gasteiger partial charge in [-0.05, 0) is 61.6 Å². The second kappa shape index (κ2) is 14.7. The number of hydrogen-bond acceptors (Lipinski definition) is 5. The molecule has 0 bridgehead atoms. The average molecular weight is 596 g/mol. The normalized spacial score (nSPS) is 14.8. The summed E-state index contributed by atoms with van der Waals surface area (Å²) in [5.41, 5.74) is 1.06. The van der Waals surface area contributed by atoms with Gasteiger partial charge in [0.25, 0.3) is 0 Å². The quantitative estimate of drug-likeness (QED) is 0.339. The molecule has 3 rings (SSSR count). The summed E-state index contributed by atoms with van der Waals surface area (Å²) in [5, 5.41) is 3.40. The number of hydrogen-bond donors (Lipinski definition) is 1. The minimum absolute atomic E-state index is 0.0182. The first kappa shape index (κ1) is 31.7. The summed E-state index contributed by atoms with van der Waals surface area (Å²) >= 11 is 6.22. The van der Waals surface area contributed by atoms with Crippen molar-refractivity contribution in [2.45, 2.75) is 76.9 Å². The summed E-state index contributed by atoms with van der Waals surface area (Å²) in [6, 6.07) is 9.92. The topological polar surface area (TPSA) is 96.0 Å². The number of carbonyl (C=O) groups excluding carboxylic acids is 2. The van der Waals surface area contributed by atoms with Crippen LogP contribution in [0.1, 0.15) is 63.9 Å². The molecule has 0 aromatic heterocycles. The summed E-state index contributed by atoms with van der Waals surface area (Å²) in [6.07, 6.45) is 6.87. The molecular formula is C29H39ClFN3O5S. The number of ether oxygens (including phenoxy) is 1. The molecule has 1 atom stereocenters. The number of anilines is 1. The highest BCUT2D eigenvalue weighted by Gasteiger charge is 2.30. The molecule has 1 unspecified atom stereocenters. The predicted molar refractivity (Wildman–Crippen MR) is 155 cm³/mol. The van der Waals surface area contributed by atoms with Crippen LogP contribution in [0.3, 0.4) is 0 Å². The van der Waals surface area contributed by atoms with E-state index in [2.05, 4.69) is 5.32 Å². The lowest BCUT2D eigenvalue weighted by atomic mass is 9.95. The van der Waals surface area contributed by atoms with E-state index < -0.39 is 16.1 Å². The van der Waals surface area contributed by atoms with Crippen molar-refractivity contribution in [1.29, 1.82) is 0 Å². The van der Waals surface area contributed by atoms with Crippen LogP contribution in [0.15, 0.2) is 42.5 Å². The van der Waals surface area contributed by atoms with Gasteiger partial charge in [-0.1, -0.05) is 49.9 Å². The lowest BCUT2D eigenvalue weighted by molar-refractivity contribution is -0.141. The maximum absolute atomic E-state index is 13.6. The van der Waals surface area contributed by atoms with Crippen molar-refractivity contribution < 1.29 is 27.1 Å². The van der Waals surface area contributed by atoms with Crippen LogP contribution < -0.4 is 14.4 Å². The number of carbonyl (C=O) groups is 2. The largest absolute Gasteiger partial charge is 0.495 e. The Bertz CT molecular complexity index is 1250. The zero-order valence-electron chi connectivity index (χ0n) is 23.4. The summed E-state index contributed by atoms with van der Waals surface area (Å²) in [4.78, 5) is 28.5. The Morgan fingerprint density at radius 1 is 1.12 bits per heavy atom. The Hall–Kier alpha value is -2.85. The van der Waals surface area contributed by atoms with E-state index in [0.717, 1.165) is 38.4 Å². The lowest BCUT2D eigenvalue weighted by Gasteiger charge is -2.33. The molecule has 1 aliphatic rings. The molecule has 1 fully saturated rings. The van der Waals surface area contributed by atoms with Gasteiger partial charge in [-0.25, -0.2) is 12.8 Å². The number of benzene rings is 2. The monoisotopic (exact) mass is 595 g/mol. The van der Waals surface area contributed by atoms with Crippen molar-refractivity contribution >= 4 is 39.1 Å². The number of sulfonamides is 1. The molecule has 2 aromatic rings. The molecule has 2 amide bonds. The zero-order chi connectivity index (χ0) is 29.3. The first-order valence-electron chi connectivity index (χ1n) is 13.7. The fourth-order valence-electron chi connectivity index (χ4n) is 5.06. The standard InChI is InChI=1S/C29H39ClFN3O5S/c1-4-26(29(36)32-23-9-6-5-7-10-23)33(20-21-12-14-22(31)15-13-21)28(35)11-8-18-34(40(3,37)38)24-16-17-27(39-2)25(30)19-24/h12-17,19,23,26H,4-11,18,20H2,1-3H3,(H,32,36). The van der Waals surface area contributed by atoms with Crippen LogP contribution in [0.25, 0.3) is 0 Å². The van der Waals surface area contributed by atoms with Gasteiger partial charge in [-0.2, -0.15) is 0 Å². The Balaban J connectivity index is 1.76. The smallest absolute Gasteiger partial charge is 0.243 e. The second-order valence-corrected chi connectivity index (χ2v) is 12.5. The van der Waals surface area contributed by atoms with Gasteiger partial charge in [0.15, 0.2) is 0 Å². The van der Waals surface area contributed by atoms with E-state index in [0.29, 0.717) is 23.4 Å². The molecule has 2 aromatic carbocycles. The van der Waals surface area contributed by atoms with Gasteiger partial charge in [-0.3, -0.25) is 13.9 Å². The average Bonchev–Trinajstić information content (AvgIpc) is 2.91. The summed E-state index contributed by atoms with van der Waals surface area (Å²) in [7, 11) is -2.20. The molecule has 11 heteroatoms. The fourth-order valence-corrected chi connectivity index (χ4v) is 6.27. The minimum atomic E-state index is -3.67. The highest BCUT2D eigenvalue weighted by Crippen LogP contribution is 2.30. The van der Waals surface area contributed by atoms with E-state index in [-0.39, 0.29) is 54.6 Å². The number of halogens is 2. The molecule has 1 aliphatic carbocycles. The van der Waals surface area contributed by atoms with Gasteiger partial charge >= 0.3 is 0 Å². The van der Waals surface area contributed by atoms with E-state index in [1.54, 1.807) is 24.3 Å². The molecule has 0 radical (unpaired) electrons. The molecule has 40 heavy (non-hydrogen) atoms. The summed E-state index contributed by atoms with van der Waals surface area (Å²) in [5.74, 6) is -0.447. The van der Waals surface area contributed by atoms with Crippen LogP contribution in [-0.4, -0.2) is 57.1 Å². The van der Waals surface area contributed by atoms with Crippen molar-refractivity contribution in [2.75, 3.05) is 24.2 Å². The number of nitrogens with zero attached hydrogens (tertiary/aromatic N) is 2. The van der Waals surface area contributed by atoms with Crippen LogP contribution in [-0.2, 0) is 26.2 Å². The van der Waals surface area contributed by atoms with Crippen LogP contribution in [0.2, 0.25) is 5.02 Å². The molecule has 220 valence electrons. The first-order chi connectivity index (χ1) is 19.0. The van der Waals surface area contributed by atoms with Crippen LogP contribution in [0, 0.1) is 5.82 Å². The molecule has 0 aliphatic heterocycles. The molecule has 1 saturated carbocycles. The van der Waals surface area contributed by atoms with Crippen molar-refractivity contribution in [1.82, 2.24) is 10.2 Å². The Morgan fingerprint density at radius 2 is 1.80 bits per heavy atom. The van der Waals surface area contributed by atoms with E-state index >= 15 is 0 Å². The number of rotatable bonds is 13. The van der Waals surface area contributed by atoms with Gasteiger partial charge in [0, 0.05) is 25.6 Å². The SMILES string of the molecule is CCC(C(=O)NC1CCCCC1)N(Cc1ccc(F)cc1)C(=O)CCCN(c1ccc(OC)c(Cl)c1)S(C)(=O)=O. The van der Waals surface area contributed by atoms with Crippen molar-refractivity contribution in [2.24, 2.45) is 0 Å². The molecule has 0 saturated heterocycles. The van der Waals surface area contributed by atoms with Crippen LogP contribution in [0.4, 0.5) is 10.1 Å². The highest BCUT2D eigenvalue weighted by atomic mass is 35.5. The Kier molecular flexibility index (Phi) is 11.6. The molecule has 0 spiro atoms. The van der Waals surface area contributed by atoms with Gasteiger partial charge in [0.2, 0.25) is 21.8 Å². The highest BCUT2D eigenvalue weighted by molar-refractivity contribution is 7.92. The molecule has 0 heterocycles. The summed E-state index contributed by atoms with van der Waals surface area (Å²) in [6.45, 7) is 2.04. The van der Waals surface area contributed by atoms with Crippen molar-refractivity contribution in [3.63, 3.8) is 0 Å². The lowest BCUT2D eigenvalue weighted by Crippen LogP contribution is -2.51. The Labute approximate surface area is 241 Å². The maximum Gasteiger partial charge on any atom is 0.243 e. The van der Waals surface area contributed by atoms with Gasteiger partial charge in [0.1, 0.15) is 17.6 Å². The second-order valence-electron chi connectivity index (χ2n) is 10.2. The molecule has 1 N–H and O–H groups in total. The van der Waals surface area contributed by atoms with E-state index in [4.69, 9.17) is 16.3 Å². The van der Waals surface area contributed by atoms with Gasteiger partial charge < -0.3 is 15.0 Å². The third-order valence-electron chi connectivity index (χ3n) is 7.18. The van der Waals surface area contributed by atoms with E-state index in [1.807, 2.05) is 6.92 Å². The zero-order valence-corrected chi connectivity index (χ0v) is 24.9. The van der Waals surface area contributed by atoms with Gasteiger partial charge in [0.05, 0.1) is 24.1 Å². The van der Waals surface area contributed by atoms with E-state index in [1.165, 1.54) is 34.5 Å². The fraction of sp³-hybridized carbons (Fsp3) is 0.517. The molecule has 8 nitrogen and oxygen atoms in total. The Morgan fingerprint density at radius 3 is 2.38 bits per heavy atom. The third-order valence-corrected chi connectivity index (χ3v) is 8.67. The number of amides is 2. The number of nitrogens with one attached hydrogen (secondary N) is 1. The maximum atomic E-state index is 13.6. The first-order valence-corrected chi connectivity index (χ1v) is 15.9. The van der Waals surface area contributed by atoms with Crippen molar-refractivity contribution in [3.05, 3.63) is 58.9 Å². The van der Waals surface area contributed by atoms with Gasteiger partial charge in [-0.15, -0.1) is 0 Å². The van der Waals surface area contributed by atoms with Crippen molar-refractivity contribution in [3.8, 4) is 5.75 Å². The minimum Gasteiger partial charge on any atom is -0.495 e. The van der Waals surface area contributed by atoms with Crippen LogP contribution in [0.5, 0.6) is 5.75 Å². The number of methoxy groups -OCH3 is 1. The predicted octanol–water partition coefficient (Wildman–Crippen LogP) is 5.29. The molecular weight excluding hydrogens is 557 g/mol.